The molecule has 1 aliphatic rings. The minimum Gasteiger partial charge on any atom is -0.203 e. The van der Waals surface area contributed by atoms with E-state index in [1.807, 2.05) is 6.92 Å². The maximum absolute atomic E-state index is 14.9. The van der Waals surface area contributed by atoms with Crippen LogP contribution in [0.25, 0.3) is 0 Å². The molecule has 2 aromatic carbocycles. The maximum atomic E-state index is 14.9. The van der Waals surface area contributed by atoms with Crippen molar-refractivity contribution in [1.82, 2.24) is 0 Å². The first-order chi connectivity index (χ1) is 13.3. The van der Waals surface area contributed by atoms with Gasteiger partial charge in [0.25, 0.3) is 0 Å². The van der Waals surface area contributed by atoms with Gasteiger partial charge in [0.05, 0.1) is 0 Å². The van der Waals surface area contributed by atoms with Gasteiger partial charge in [-0.25, -0.2) is 17.6 Å². The van der Waals surface area contributed by atoms with E-state index in [0.29, 0.717) is 17.9 Å². The summed E-state index contributed by atoms with van der Waals surface area (Å²) < 4.78 is 59.0. The number of hydrogen-bond donors (Lipinski definition) is 0. The van der Waals surface area contributed by atoms with Gasteiger partial charge in [-0.15, -0.1) is 0 Å². The molecule has 0 aromatic heterocycles. The fourth-order valence-corrected chi connectivity index (χ4v) is 4.10. The van der Waals surface area contributed by atoms with Crippen molar-refractivity contribution in [3.05, 3.63) is 70.3 Å². The van der Waals surface area contributed by atoms with Crippen molar-refractivity contribution in [2.24, 2.45) is 17.8 Å². The zero-order chi connectivity index (χ0) is 20.4. The standard InChI is InChI=1S/C24H24F4/c1-14(2)17-11-9-15(3)19(13-17)20-23(27)21(25)18(22(26)24(20)28)12-10-16-7-5-4-6-8-16/h4-8,14-15,17,19H,9,11,13H2,1-3H3. The normalized spacial score (nSPS) is 22.1. The molecular weight excluding hydrogens is 364 g/mol. The molecule has 0 aliphatic heterocycles. The largest absolute Gasteiger partial charge is 0.203 e. The Hall–Kier alpha value is -2.28. The van der Waals surface area contributed by atoms with E-state index in [4.69, 9.17) is 0 Å². The van der Waals surface area contributed by atoms with Gasteiger partial charge in [0.2, 0.25) is 0 Å². The minimum atomic E-state index is -1.41. The average molecular weight is 388 g/mol. The van der Waals surface area contributed by atoms with Gasteiger partial charge in [-0.2, -0.15) is 0 Å². The molecule has 0 heterocycles. The van der Waals surface area contributed by atoms with Crippen molar-refractivity contribution in [2.75, 3.05) is 0 Å². The summed E-state index contributed by atoms with van der Waals surface area (Å²) in [5.74, 6) is -0.546. The number of hydrogen-bond acceptors (Lipinski definition) is 0. The van der Waals surface area contributed by atoms with Gasteiger partial charge >= 0.3 is 0 Å². The molecule has 0 saturated heterocycles. The summed E-state index contributed by atoms with van der Waals surface area (Å²) >= 11 is 0. The quantitative estimate of drug-likeness (QED) is 0.301. The highest BCUT2D eigenvalue weighted by Crippen LogP contribution is 2.45. The van der Waals surface area contributed by atoms with Crippen LogP contribution in [0.5, 0.6) is 0 Å². The SMILES string of the molecule is CC(C)C1CCC(C)C(c2c(F)c(F)c(C#Cc3ccccc3)c(F)c2F)C1. The highest BCUT2D eigenvalue weighted by molar-refractivity contribution is 5.46. The van der Waals surface area contributed by atoms with Crippen LogP contribution in [0.3, 0.4) is 0 Å². The monoisotopic (exact) mass is 388 g/mol. The lowest BCUT2D eigenvalue weighted by Crippen LogP contribution is -2.27. The van der Waals surface area contributed by atoms with Gasteiger partial charge < -0.3 is 0 Å². The first-order valence-electron chi connectivity index (χ1n) is 9.74. The lowest BCUT2D eigenvalue weighted by atomic mass is 9.68. The number of benzene rings is 2. The Morgan fingerprint density at radius 1 is 0.857 bits per heavy atom. The van der Waals surface area contributed by atoms with Crippen molar-refractivity contribution in [1.29, 1.82) is 0 Å². The Morgan fingerprint density at radius 3 is 2.04 bits per heavy atom. The molecule has 0 nitrogen and oxygen atoms in total. The molecule has 2 aromatic rings. The fourth-order valence-electron chi connectivity index (χ4n) is 4.10. The van der Waals surface area contributed by atoms with Gasteiger partial charge in [0, 0.05) is 11.1 Å². The zero-order valence-electron chi connectivity index (χ0n) is 16.3. The third kappa shape index (κ3) is 3.94. The Labute approximate surface area is 164 Å². The van der Waals surface area contributed by atoms with Crippen LogP contribution in [-0.2, 0) is 0 Å². The molecule has 3 rings (SSSR count). The topological polar surface area (TPSA) is 0 Å². The molecule has 1 fully saturated rings. The molecule has 1 aliphatic carbocycles. The van der Waals surface area contributed by atoms with E-state index in [2.05, 4.69) is 25.7 Å². The molecule has 3 unspecified atom stereocenters. The zero-order valence-corrected chi connectivity index (χ0v) is 16.3. The van der Waals surface area contributed by atoms with Crippen LogP contribution in [0.2, 0.25) is 0 Å². The second-order valence-corrected chi connectivity index (χ2v) is 8.06. The lowest BCUT2D eigenvalue weighted by molar-refractivity contribution is 0.196. The van der Waals surface area contributed by atoms with Gasteiger partial charge in [-0.3, -0.25) is 0 Å². The molecule has 0 amide bonds. The highest BCUT2D eigenvalue weighted by atomic mass is 19.2. The molecule has 28 heavy (non-hydrogen) atoms. The summed E-state index contributed by atoms with van der Waals surface area (Å²) in [5.41, 5.74) is -0.809. The van der Waals surface area contributed by atoms with Crippen molar-refractivity contribution in [3.63, 3.8) is 0 Å². The van der Waals surface area contributed by atoms with Gasteiger partial charge in [-0.05, 0) is 55.1 Å². The van der Waals surface area contributed by atoms with Gasteiger partial charge in [-0.1, -0.05) is 50.8 Å². The van der Waals surface area contributed by atoms with Crippen molar-refractivity contribution in [2.45, 2.75) is 46.0 Å². The Morgan fingerprint density at radius 2 is 1.46 bits per heavy atom. The van der Waals surface area contributed by atoms with Crippen LogP contribution in [0.15, 0.2) is 30.3 Å². The van der Waals surface area contributed by atoms with Crippen LogP contribution >= 0.6 is 0 Å². The summed E-state index contributed by atoms with van der Waals surface area (Å²) in [5, 5.41) is 0. The number of halogens is 4. The molecule has 0 bridgehead atoms. The van der Waals surface area contributed by atoms with E-state index in [-0.39, 0.29) is 11.8 Å². The molecule has 4 heteroatoms. The third-order valence-corrected chi connectivity index (χ3v) is 5.95. The van der Waals surface area contributed by atoms with Crippen LogP contribution in [0, 0.1) is 52.9 Å². The predicted molar refractivity (Wildman–Crippen MR) is 103 cm³/mol. The van der Waals surface area contributed by atoms with E-state index in [1.54, 1.807) is 30.3 Å². The molecular formula is C24H24F4. The third-order valence-electron chi connectivity index (χ3n) is 5.95. The molecule has 1 saturated carbocycles. The maximum Gasteiger partial charge on any atom is 0.177 e. The molecule has 0 N–H and O–H groups in total. The summed E-state index contributed by atoms with van der Waals surface area (Å²) in [6.45, 7) is 6.01. The molecule has 148 valence electrons. The predicted octanol–water partition coefficient (Wildman–Crippen LogP) is 6.82. The first kappa shape index (κ1) is 20.5. The summed E-state index contributed by atoms with van der Waals surface area (Å²) in [4.78, 5) is 0. The van der Waals surface area contributed by atoms with Crippen molar-refractivity contribution in [3.8, 4) is 11.8 Å². The summed E-state index contributed by atoms with van der Waals surface area (Å²) in [7, 11) is 0. The smallest absolute Gasteiger partial charge is 0.177 e. The summed E-state index contributed by atoms with van der Waals surface area (Å²) in [6.07, 6.45) is 2.27. The Balaban J connectivity index is 2.04. The van der Waals surface area contributed by atoms with Gasteiger partial charge in [0.15, 0.2) is 23.3 Å². The second-order valence-electron chi connectivity index (χ2n) is 8.06. The van der Waals surface area contributed by atoms with Crippen LogP contribution < -0.4 is 0 Å². The van der Waals surface area contributed by atoms with E-state index in [1.165, 1.54) is 0 Å². The van der Waals surface area contributed by atoms with E-state index in [0.717, 1.165) is 12.8 Å². The molecule has 0 radical (unpaired) electrons. The Bertz CT molecular complexity index is 877. The molecule has 0 spiro atoms. The highest BCUT2D eigenvalue weighted by Gasteiger charge is 2.36. The Kier molecular flexibility index (Phi) is 6.13. The first-order valence-corrected chi connectivity index (χ1v) is 9.74. The number of rotatable bonds is 2. The fraction of sp³-hybridized carbons (Fsp3) is 0.417. The van der Waals surface area contributed by atoms with Crippen molar-refractivity contribution >= 4 is 0 Å². The lowest BCUT2D eigenvalue weighted by Gasteiger charge is -2.37. The summed E-state index contributed by atoms with van der Waals surface area (Å²) in [6, 6.07) is 8.52. The van der Waals surface area contributed by atoms with Gasteiger partial charge in [0.1, 0.15) is 5.56 Å². The van der Waals surface area contributed by atoms with E-state index in [9.17, 15) is 17.6 Å². The van der Waals surface area contributed by atoms with E-state index >= 15 is 0 Å². The second kappa shape index (κ2) is 8.39. The average Bonchev–Trinajstić information content (AvgIpc) is 2.68. The van der Waals surface area contributed by atoms with Crippen molar-refractivity contribution < 1.29 is 17.6 Å². The van der Waals surface area contributed by atoms with Crippen LogP contribution in [0.4, 0.5) is 17.6 Å². The van der Waals surface area contributed by atoms with Crippen LogP contribution in [0.1, 0.15) is 62.6 Å². The minimum absolute atomic E-state index is 0.0425. The molecule has 3 atom stereocenters. The van der Waals surface area contributed by atoms with Crippen LogP contribution in [-0.4, -0.2) is 0 Å². The van der Waals surface area contributed by atoms with E-state index < -0.39 is 40.3 Å².